The minimum absolute atomic E-state index is 0. The fourth-order valence-electron chi connectivity index (χ4n) is 4.94. The Hall–Kier alpha value is -0.0981. The molecule has 4 aromatic heterocycles. The molecule has 4 aromatic rings. The molecule has 0 unspecified atom stereocenters. The van der Waals surface area contributed by atoms with Gasteiger partial charge < -0.3 is 50.5 Å². The van der Waals surface area contributed by atoms with Crippen LogP contribution in [0.2, 0.25) is 13.3 Å². The predicted octanol–water partition coefficient (Wildman–Crippen LogP) is 6.60. The van der Waals surface area contributed by atoms with Gasteiger partial charge in [0.25, 0.3) is 0 Å². The van der Waals surface area contributed by atoms with Crippen LogP contribution in [-0.4, -0.2) is 98.3 Å². The number of nitrogens with one attached hydrogen (secondary N) is 1. The van der Waals surface area contributed by atoms with E-state index in [9.17, 15) is 0 Å². The molecule has 13 nitrogen and oxygen atoms in total. The second-order valence-electron chi connectivity index (χ2n) is 11.2. The molecule has 0 atom stereocenters. The molecule has 0 amide bonds. The second kappa shape index (κ2) is 49.0. The van der Waals surface area contributed by atoms with Gasteiger partial charge in [0, 0.05) is 130 Å². The average molecular weight is 1540 g/mol. The molecule has 0 aliphatic carbocycles. The first-order chi connectivity index (χ1) is 24.1. The Labute approximate surface area is 389 Å². The first-order valence-electron chi connectivity index (χ1n) is 17.1. The van der Waals surface area contributed by atoms with Gasteiger partial charge in [-0.3, -0.25) is 6.79 Å². The van der Waals surface area contributed by atoms with Crippen LogP contribution >= 0.6 is 0 Å². The maximum atomic E-state index is 7.75. The standard InChI is InChI=1S/C5H8N2O.2C5H7N2O.C4H8O.3C4H9.C3H3N2.CHO.CH3.Sn.4W/c3*1-8-5-7-3-2-6-4-7;1-2-4-5-3-1;3*1-3-4-2;1-2-5-3-4-1;1-2;;;;;;/h2-4H,5H2,1H3;2*2-3H,5H2,1H3;1-4H2;3*1,3-4H2,2H3;1-2H,(H,4,5);1H;1H3;;;;;/q;;-1;;;;;3*-1;;;;;/p+1. The molecule has 0 saturated carbocycles. The summed E-state index contributed by atoms with van der Waals surface area (Å²) in [7, 11) is 5.07. The Morgan fingerprint density at radius 2 is 1.37 bits per heavy atom. The van der Waals surface area contributed by atoms with Crippen LogP contribution in [0.25, 0.3) is 0 Å². The Kier molecular flexibility index (Phi) is 59.7. The van der Waals surface area contributed by atoms with Gasteiger partial charge >= 0.3 is 137 Å². The van der Waals surface area contributed by atoms with Crippen LogP contribution in [0.3, 0.4) is 0 Å². The molecule has 1 aliphatic heterocycles. The van der Waals surface area contributed by atoms with Crippen molar-refractivity contribution in [2.75, 3.05) is 34.5 Å². The SMILES string of the molecule is C1CCOC1.CCC[CH2][Sn]([CH2]CCC)([CH2]CCC)[c]1nccn1COC.COCn1[c-]ncc1.COCn1ccnc1.[CH-]=O.[CH3-].[H+].[W].[W].[W].[W].[c-]1ncc[nH]1. The molecule has 0 spiro atoms. The van der Waals surface area contributed by atoms with Gasteiger partial charge in [0.15, 0.2) is 0 Å². The fraction of sp³-hybridized carbons (Fsp3) is 0.611. The van der Waals surface area contributed by atoms with Crippen LogP contribution in [0.15, 0.2) is 55.9 Å². The number of methoxy groups -OCH3 is 3. The number of unbranched alkanes of at least 4 members (excludes halogenated alkanes) is 3. The van der Waals surface area contributed by atoms with Crippen molar-refractivity contribution in [1.29, 1.82) is 0 Å². The summed E-state index contributed by atoms with van der Waals surface area (Å²) >= 11 is -2.38. The molecule has 1 fully saturated rings. The van der Waals surface area contributed by atoms with E-state index in [0.29, 0.717) is 20.2 Å². The smallest absolute Gasteiger partial charge is 0.545 e. The molecular formula is C36H65N8O5SnW4-3. The van der Waals surface area contributed by atoms with Crippen LogP contribution in [0.4, 0.5) is 0 Å². The second-order valence-corrected chi connectivity index (χ2v) is 24.0. The van der Waals surface area contributed by atoms with Crippen molar-refractivity contribution in [2.24, 2.45) is 0 Å². The quantitative estimate of drug-likeness (QED) is 0.0748. The number of aromatic amines is 1. The maximum Gasteiger partial charge on any atom is 1.00 e. The van der Waals surface area contributed by atoms with E-state index in [1.807, 2.05) is 17.0 Å². The number of hydrogen-bond acceptors (Lipinski definition) is 9. The van der Waals surface area contributed by atoms with E-state index < -0.39 is 18.4 Å². The van der Waals surface area contributed by atoms with Crippen LogP contribution in [0.1, 0.15) is 73.6 Å². The van der Waals surface area contributed by atoms with Crippen LogP contribution in [0, 0.1) is 20.1 Å². The van der Waals surface area contributed by atoms with Gasteiger partial charge in [0.2, 0.25) is 0 Å². The summed E-state index contributed by atoms with van der Waals surface area (Å²) in [4.78, 5) is 26.3. The van der Waals surface area contributed by atoms with Crippen molar-refractivity contribution < 1.29 is 109 Å². The van der Waals surface area contributed by atoms with E-state index in [1.54, 1.807) is 63.2 Å². The number of aromatic nitrogens is 8. The summed E-state index contributed by atoms with van der Waals surface area (Å²) in [5.74, 6) is 0. The topological polar surface area (TPSA) is 136 Å². The third kappa shape index (κ3) is 32.9. The molecule has 0 bridgehead atoms. The third-order valence-corrected chi connectivity index (χ3v) is 22.4. The van der Waals surface area contributed by atoms with Gasteiger partial charge in [0.05, 0.1) is 6.33 Å². The maximum absolute atomic E-state index is 7.75. The van der Waals surface area contributed by atoms with E-state index in [-0.39, 0.29) is 93.1 Å². The number of nitrogens with zero attached hydrogens (tertiary/aromatic N) is 7. The Morgan fingerprint density at radius 1 is 0.796 bits per heavy atom. The number of hydrogen-bond donors (Lipinski definition) is 1. The third-order valence-electron chi connectivity index (χ3n) is 7.29. The van der Waals surface area contributed by atoms with Gasteiger partial charge in [-0.15, -0.1) is 24.8 Å². The van der Waals surface area contributed by atoms with Gasteiger partial charge in [-0.2, -0.15) is 0 Å². The summed E-state index contributed by atoms with van der Waals surface area (Å²) in [5, 5.41) is 0. The molecule has 1 saturated heterocycles. The van der Waals surface area contributed by atoms with Crippen LogP contribution in [0.5, 0.6) is 0 Å². The molecule has 5 heterocycles. The molecular weight excluding hydrogens is 1480 g/mol. The minimum atomic E-state index is -2.38. The Bertz CT molecular complexity index is 1100. The van der Waals surface area contributed by atoms with Crippen LogP contribution in [-0.2, 0) is 128 Å². The average Bonchev–Trinajstić information content (AvgIpc) is 3.97. The van der Waals surface area contributed by atoms with E-state index in [1.165, 1.54) is 68.5 Å². The zero-order valence-corrected chi connectivity index (χ0v) is 48.0. The van der Waals surface area contributed by atoms with E-state index >= 15 is 0 Å². The molecule has 1 N–H and O–H groups in total. The summed E-state index contributed by atoms with van der Waals surface area (Å²) in [6.45, 7) is 14.0. The van der Waals surface area contributed by atoms with Crippen LogP contribution < -0.4 is 3.84 Å². The summed E-state index contributed by atoms with van der Waals surface area (Å²) in [6.07, 6.45) is 32.0. The number of rotatable bonds is 16. The predicted molar refractivity (Wildman–Crippen MR) is 203 cm³/mol. The van der Waals surface area contributed by atoms with Gasteiger partial charge in [-0.05, 0) is 19.2 Å². The van der Waals surface area contributed by atoms with E-state index in [4.69, 9.17) is 28.7 Å². The molecule has 0 radical (unpaired) electrons. The van der Waals surface area contributed by atoms with Gasteiger partial charge in [0.1, 0.15) is 13.5 Å². The fourth-order valence-corrected chi connectivity index (χ4v) is 21.0. The molecule has 54 heavy (non-hydrogen) atoms. The van der Waals surface area contributed by atoms with Gasteiger partial charge in [-0.1, -0.05) is 0 Å². The van der Waals surface area contributed by atoms with Gasteiger partial charge in [-0.25, -0.2) is 4.98 Å². The number of imidazole rings is 4. The largest absolute Gasteiger partial charge is 1.00 e. The van der Waals surface area contributed by atoms with E-state index in [0.717, 1.165) is 13.2 Å². The summed E-state index contributed by atoms with van der Waals surface area (Å²) in [6, 6.07) is 0. The molecule has 18 heteroatoms. The summed E-state index contributed by atoms with van der Waals surface area (Å²) < 4.78 is 31.6. The monoisotopic (exact) mass is 1550 g/mol. The molecule has 0 aromatic carbocycles. The Morgan fingerprint density at radius 3 is 1.72 bits per heavy atom. The normalized spacial score (nSPS) is 10.6. The molecule has 310 valence electrons. The summed E-state index contributed by atoms with van der Waals surface area (Å²) in [5.41, 5.74) is 0. The number of H-pyrrole nitrogens is 1. The van der Waals surface area contributed by atoms with Crippen molar-refractivity contribution >= 4 is 29.0 Å². The zero-order chi connectivity index (χ0) is 36.3. The first-order valence-corrected chi connectivity index (χ1v) is 24.6. The van der Waals surface area contributed by atoms with Crippen molar-refractivity contribution in [3.05, 3.63) is 76.0 Å². The zero-order valence-electron chi connectivity index (χ0n) is 34.4. The van der Waals surface area contributed by atoms with E-state index in [2.05, 4.69) is 70.9 Å². The van der Waals surface area contributed by atoms with Crippen molar-refractivity contribution in [2.45, 2.75) is 106 Å². The molecule has 1 aliphatic rings. The Balaban J connectivity index is -0.000000113. The minimum Gasteiger partial charge on any atom is -0.545 e. The first kappa shape index (κ1) is 65.7. The number of carbonyl (C=O) groups excluding carboxylic acids is 1. The van der Waals surface area contributed by atoms with Crippen molar-refractivity contribution in [3.8, 4) is 0 Å². The number of ether oxygens (including phenoxy) is 4. The van der Waals surface area contributed by atoms with Crippen molar-refractivity contribution in [1.82, 2.24) is 38.6 Å². The molecule has 5 rings (SSSR count). The van der Waals surface area contributed by atoms with Crippen molar-refractivity contribution in [3.63, 3.8) is 0 Å².